The summed E-state index contributed by atoms with van der Waals surface area (Å²) in [5, 5.41) is 4.81. The van der Waals surface area contributed by atoms with Crippen LogP contribution in [0.3, 0.4) is 0 Å². The first-order chi connectivity index (χ1) is 7.16. The van der Waals surface area contributed by atoms with Gasteiger partial charge in [0.15, 0.2) is 5.78 Å². The van der Waals surface area contributed by atoms with Crippen molar-refractivity contribution in [2.24, 2.45) is 7.05 Å². The summed E-state index contributed by atoms with van der Waals surface area (Å²) in [6.45, 7) is 1.88. The second kappa shape index (κ2) is 3.90. The largest absolute Gasteiger partial charge is 0.293 e. The molecule has 0 aliphatic carbocycles. The molecule has 0 atom stereocenters. The summed E-state index contributed by atoms with van der Waals surface area (Å²) >= 11 is 1.41. The first kappa shape index (κ1) is 9.97. The van der Waals surface area contributed by atoms with Crippen LogP contribution in [0.4, 0.5) is 0 Å². The van der Waals surface area contributed by atoms with E-state index in [1.54, 1.807) is 17.9 Å². The van der Waals surface area contributed by atoms with E-state index in [1.165, 1.54) is 17.7 Å². The third kappa shape index (κ3) is 2.10. The Morgan fingerprint density at radius 1 is 1.53 bits per heavy atom. The van der Waals surface area contributed by atoms with E-state index in [-0.39, 0.29) is 12.2 Å². The van der Waals surface area contributed by atoms with Gasteiger partial charge in [0, 0.05) is 13.2 Å². The first-order valence-electron chi connectivity index (χ1n) is 4.45. The Bertz CT molecular complexity index is 488. The van der Waals surface area contributed by atoms with E-state index < -0.39 is 0 Å². The Hall–Kier alpha value is -1.56. The molecule has 2 aromatic heterocycles. The summed E-state index contributed by atoms with van der Waals surface area (Å²) in [6.07, 6.45) is 3.33. The van der Waals surface area contributed by atoms with Gasteiger partial charge in [-0.15, -0.1) is 11.3 Å². The molecule has 0 saturated carbocycles. The zero-order valence-corrected chi connectivity index (χ0v) is 9.28. The van der Waals surface area contributed by atoms with Crippen molar-refractivity contribution in [1.29, 1.82) is 0 Å². The Kier molecular flexibility index (Phi) is 2.59. The van der Waals surface area contributed by atoms with Crippen molar-refractivity contribution in [3.63, 3.8) is 0 Å². The van der Waals surface area contributed by atoms with Crippen molar-refractivity contribution in [2.75, 3.05) is 0 Å². The number of carbonyl (C=O) groups excluding carboxylic acids is 1. The minimum absolute atomic E-state index is 0.0386. The van der Waals surface area contributed by atoms with Crippen molar-refractivity contribution >= 4 is 17.1 Å². The lowest BCUT2D eigenvalue weighted by Crippen LogP contribution is -2.07. The monoisotopic (exact) mass is 222 g/mol. The lowest BCUT2D eigenvalue weighted by Gasteiger charge is -1.96. The van der Waals surface area contributed by atoms with Crippen LogP contribution in [0, 0.1) is 6.92 Å². The minimum Gasteiger partial charge on any atom is -0.293 e. The van der Waals surface area contributed by atoms with Gasteiger partial charge in [0.2, 0.25) is 0 Å². The maximum absolute atomic E-state index is 11.8. The number of hydrogen-bond donors (Lipinski definition) is 0. The van der Waals surface area contributed by atoms with Gasteiger partial charge >= 0.3 is 0 Å². The molecular weight excluding hydrogens is 212 g/mol. The van der Waals surface area contributed by atoms with Crippen molar-refractivity contribution < 1.29 is 4.79 Å². The molecule has 0 spiro atoms. The maximum atomic E-state index is 11.8. The number of rotatable bonds is 3. The zero-order chi connectivity index (χ0) is 10.8. The van der Waals surface area contributed by atoms with Crippen LogP contribution in [-0.4, -0.2) is 25.5 Å². The Balaban J connectivity index is 2.14. The molecule has 0 saturated heterocycles. The standard InChI is InChI=1S/C9H10N4OS/c1-6-10-4-8(15-6)7(14)3-9-11-5-12-13(9)2/h4-5H,3H2,1-2H3. The van der Waals surface area contributed by atoms with E-state index in [2.05, 4.69) is 15.1 Å². The van der Waals surface area contributed by atoms with Crippen LogP contribution in [0.15, 0.2) is 12.5 Å². The molecule has 0 N–H and O–H groups in total. The predicted molar refractivity (Wildman–Crippen MR) is 55.9 cm³/mol. The average Bonchev–Trinajstić information content (AvgIpc) is 2.77. The minimum atomic E-state index is 0.0386. The lowest BCUT2D eigenvalue weighted by atomic mass is 10.2. The van der Waals surface area contributed by atoms with Gasteiger partial charge in [-0.3, -0.25) is 9.48 Å². The van der Waals surface area contributed by atoms with Crippen molar-refractivity contribution in [3.05, 3.63) is 28.2 Å². The number of aromatic nitrogens is 4. The molecule has 5 nitrogen and oxygen atoms in total. The van der Waals surface area contributed by atoms with Crippen LogP contribution in [0.5, 0.6) is 0 Å². The summed E-state index contributed by atoms with van der Waals surface area (Å²) < 4.78 is 1.60. The SMILES string of the molecule is Cc1ncc(C(=O)Cc2ncnn2C)s1. The molecule has 0 bridgehead atoms. The van der Waals surface area contributed by atoms with Crippen LogP contribution in [0.25, 0.3) is 0 Å². The number of aryl methyl sites for hydroxylation is 2. The van der Waals surface area contributed by atoms with Crippen LogP contribution < -0.4 is 0 Å². The quantitative estimate of drug-likeness (QED) is 0.727. The summed E-state index contributed by atoms with van der Waals surface area (Å²) in [5.41, 5.74) is 0. The van der Waals surface area contributed by atoms with E-state index in [1.807, 2.05) is 6.92 Å². The fraction of sp³-hybridized carbons (Fsp3) is 0.333. The lowest BCUT2D eigenvalue weighted by molar-refractivity contribution is 0.0993. The van der Waals surface area contributed by atoms with Gasteiger partial charge in [0.1, 0.15) is 12.2 Å². The number of thiazole rings is 1. The zero-order valence-electron chi connectivity index (χ0n) is 8.47. The molecule has 2 aromatic rings. The third-order valence-corrected chi connectivity index (χ3v) is 2.97. The topological polar surface area (TPSA) is 60.7 Å². The van der Waals surface area contributed by atoms with Crippen LogP contribution in [0.1, 0.15) is 20.5 Å². The van der Waals surface area contributed by atoms with E-state index in [0.29, 0.717) is 10.7 Å². The Morgan fingerprint density at radius 3 is 2.87 bits per heavy atom. The number of ketones is 1. The highest BCUT2D eigenvalue weighted by Gasteiger charge is 2.12. The molecule has 0 amide bonds. The normalized spacial score (nSPS) is 10.5. The van der Waals surface area contributed by atoms with Gasteiger partial charge in [-0.05, 0) is 6.92 Å². The molecule has 6 heteroatoms. The average molecular weight is 222 g/mol. The number of hydrogen-bond acceptors (Lipinski definition) is 5. The van der Waals surface area contributed by atoms with Gasteiger partial charge < -0.3 is 0 Å². The van der Waals surface area contributed by atoms with Crippen LogP contribution in [0.2, 0.25) is 0 Å². The molecule has 0 aliphatic rings. The molecule has 0 unspecified atom stereocenters. The van der Waals surface area contributed by atoms with Gasteiger partial charge in [0.05, 0.1) is 16.3 Å². The molecule has 2 rings (SSSR count). The molecule has 0 fully saturated rings. The Morgan fingerprint density at radius 2 is 2.33 bits per heavy atom. The number of Topliss-reactive ketones (excluding diaryl/α,β-unsaturated/α-hetero) is 1. The molecule has 15 heavy (non-hydrogen) atoms. The highest BCUT2D eigenvalue weighted by molar-refractivity contribution is 7.13. The summed E-state index contributed by atoms with van der Waals surface area (Å²) in [6, 6.07) is 0. The molecule has 0 radical (unpaired) electrons. The second-order valence-electron chi connectivity index (χ2n) is 3.14. The molecule has 78 valence electrons. The van der Waals surface area contributed by atoms with Crippen molar-refractivity contribution in [1.82, 2.24) is 19.7 Å². The van der Waals surface area contributed by atoms with Gasteiger partial charge in [-0.1, -0.05) is 0 Å². The van der Waals surface area contributed by atoms with Gasteiger partial charge in [-0.2, -0.15) is 5.10 Å². The molecular formula is C9H10N4OS. The number of nitrogens with zero attached hydrogens (tertiary/aromatic N) is 4. The fourth-order valence-corrected chi connectivity index (χ4v) is 1.92. The summed E-state index contributed by atoms with van der Waals surface area (Å²) in [7, 11) is 1.77. The molecule has 0 aliphatic heterocycles. The Labute approximate surface area is 90.8 Å². The highest BCUT2D eigenvalue weighted by Crippen LogP contribution is 2.13. The third-order valence-electron chi connectivity index (χ3n) is 2.02. The van der Waals surface area contributed by atoms with Gasteiger partial charge in [-0.25, -0.2) is 9.97 Å². The van der Waals surface area contributed by atoms with E-state index >= 15 is 0 Å². The summed E-state index contributed by atoms with van der Waals surface area (Å²) in [5.74, 6) is 0.711. The molecule has 2 heterocycles. The maximum Gasteiger partial charge on any atom is 0.181 e. The van der Waals surface area contributed by atoms with Crippen LogP contribution in [-0.2, 0) is 13.5 Å². The van der Waals surface area contributed by atoms with Gasteiger partial charge in [0.25, 0.3) is 0 Å². The smallest absolute Gasteiger partial charge is 0.181 e. The fourth-order valence-electron chi connectivity index (χ4n) is 1.20. The number of carbonyl (C=O) groups is 1. The first-order valence-corrected chi connectivity index (χ1v) is 5.27. The van der Waals surface area contributed by atoms with E-state index in [9.17, 15) is 4.79 Å². The van der Waals surface area contributed by atoms with E-state index in [0.717, 1.165) is 5.01 Å². The molecule has 0 aromatic carbocycles. The highest BCUT2D eigenvalue weighted by atomic mass is 32.1. The van der Waals surface area contributed by atoms with E-state index in [4.69, 9.17) is 0 Å². The predicted octanol–water partition coefficient (Wildman–Crippen LogP) is 1.01. The summed E-state index contributed by atoms with van der Waals surface area (Å²) in [4.78, 5) is 20.5. The van der Waals surface area contributed by atoms with Crippen molar-refractivity contribution in [3.8, 4) is 0 Å². The van der Waals surface area contributed by atoms with Crippen LogP contribution >= 0.6 is 11.3 Å². The second-order valence-corrected chi connectivity index (χ2v) is 4.38. The van der Waals surface area contributed by atoms with Crippen molar-refractivity contribution in [2.45, 2.75) is 13.3 Å².